The summed E-state index contributed by atoms with van der Waals surface area (Å²) in [7, 11) is 0. The van der Waals surface area contributed by atoms with Crippen molar-refractivity contribution in [1.29, 1.82) is 0 Å². The van der Waals surface area contributed by atoms with Crippen molar-refractivity contribution in [2.45, 2.75) is 23.7 Å². The Labute approximate surface area is 118 Å². The summed E-state index contributed by atoms with van der Waals surface area (Å²) in [6, 6.07) is 8.60. The molecule has 2 aliphatic heterocycles. The zero-order chi connectivity index (χ0) is 13.1. The number of thioether (sulfide) groups is 1. The Bertz CT molecular complexity index is 457. The Kier molecular flexibility index (Phi) is 4.09. The number of nitrogens with one attached hydrogen (secondary N) is 1. The molecule has 0 aromatic heterocycles. The summed E-state index contributed by atoms with van der Waals surface area (Å²) in [6.45, 7) is 3.29. The van der Waals surface area contributed by atoms with Gasteiger partial charge in [0.1, 0.15) is 0 Å². The van der Waals surface area contributed by atoms with Crippen LogP contribution in [0.4, 0.5) is 0 Å². The molecule has 0 radical (unpaired) electrons. The van der Waals surface area contributed by atoms with E-state index in [0.717, 1.165) is 25.4 Å². The highest BCUT2D eigenvalue weighted by atomic mass is 32.2. The molecule has 1 unspecified atom stereocenters. The second-order valence-corrected chi connectivity index (χ2v) is 6.33. The van der Waals surface area contributed by atoms with E-state index in [2.05, 4.69) is 29.6 Å². The van der Waals surface area contributed by atoms with E-state index < -0.39 is 0 Å². The van der Waals surface area contributed by atoms with Crippen LogP contribution in [0.15, 0.2) is 29.2 Å². The van der Waals surface area contributed by atoms with Crippen LogP contribution in [-0.4, -0.2) is 42.7 Å². The summed E-state index contributed by atoms with van der Waals surface area (Å²) < 4.78 is 0. The summed E-state index contributed by atoms with van der Waals surface area (Å²) in [5, 5.41) is 3.34. The molecule has 1 N–H and O–H groups in total. The molecule has 1 amide bonds. The fourth-order valence-electron chi connectivity index (χ4n) is 2.83. The van der Waals surface area contributed by atoms with Crippen molar-refractivity contribution in [3.63, 3.8) is 0 Å². The summed E-state index contributed by atoms with van der Waals surface area (Å²) in [6.07, 6.45) is 2.33. The molecule has 0 aliphatic carbocycles. The van der Waals surface area contributed by atoms with Crippen molar-refractivity contribution < 1.29 is 4.79 Å². The van der Waals surface area contributed by atoms with Crippen LogP contribution in [0.3, 0.4) is 0 Å². The summed E-state index contributed by atoms with van der Waals surface area (Å²) >= 11 is 1.92. The molecule has 102 valence electrons. The largest absolute Gasteiger partial charge is 0.342 e. The molecule has 4 heteroatoms. The number of likely N-dealkylation sites (tertiary alicyclic amines) is 1. The van der Waals surface area contributed by atoms with E-state index in [9.17, 15) is 4.79 Å². The van der Waals surface area contributed by atoms with Gasteiger partial charge < -0.3 is 10.2 Å². The Morgan fingerprint density at radius 1 is 1.32 bits per heavy atom. The molecule has 3 rings (SSSR count). The lowest BCUT2D eigenvalue weighted by molar-refractivity contribution is -0.129. The van der Waals surface area contributed by atoms with Gasteiger partial charge in [-0.05, 0) is 24.5 Å². The van der Waals surface area contributed by atoms with Crippen molar-refractivity contribution in [3.8, 4) is 0 Å². The molecule has 1 fully saturated rings. The summed E-state index contributed by atoms with van der Waals surface area (Å²) in [4.78, 5) is 15.3. The van der Waals surface area contributed by atoms with E-state index in [0.29, 0.717) is 12.5 Å². The minimum atomic E-state index is 0.261. The molecule has 1 aromatic carbocycles. The minimum absolute atomic E-state index is 0.261. The van der Waals surface area contributed by atoms with Gasteiger partial charge in [-0.15, -0.1) is 11.8 Å². The number of rotatable bonds is 4. The molecule has 3 nitrogen and oxygen atoms in total. The Balaban J connectivity index is 1.47. The maximum atomic E-state index is 11.9. The lowest BCUT2D eigenvalue weighted by Gasteiger charge is -2.17. The molecule has 19 heavy (non-hydrogen) atoms. The van der Waals surface area contributed by atoms with Crippen molar-refractivity contribution in [2.75, 3.05) is 31.9 Å². The lowest BCUT2D eigenvalue weighted by Crippen LogP contribution is -2.37. The van der Waals surface area contributed by atoms with Gasteiger partial charge in [-0.3, -0.25) is 4.79 Å². The maximum absolute atomic E-state index is 11.9. The second kappa shape index (κ2) is 5.97. The third-order valence-electron chi connectivity index (χ3n) is 3.92. The second-order valence-electron chi connectivity index (χ2n) is 5.26. The fourth-order valence-corrected chi connectivity index (χ4v) is 4.08. The van der Waals surface area contributed by atoms with Gasteiger partial charge in [0.2, 0.25) is 5.91 Å². The molecular weight excluding hydrogens is 256 g/mol. The molecule has 0 spiro atoms. The van der Waals surface area contributed by atoms with Crippen molar-refractivity contribution in [1.82, 2.24) is 10.2 Å². The van der Waals surface area contributed by atoms with Gasteiger partial charge in [0.25, 0.3) is 0 Å². The molecule has 0 bridgehead atoms. The highest BCUT2D eigenvalue weighted by molar-refractivity contribution is 7.99. The third kappa shape index (κ3) is 2.95. The molecule has 0 saturated carbocycles. The highest BCUT2D eigenvalue weighted by Crippen LogP contribution is 2.38. The topological polar surface area (TPSA) is 32.3 Å². The fraction of sp³-hybridized carbons (Fsp3) is 0.533. The molecule has 1 saturated heterocycles. The van der Waals surface area contributed by atoms with Gasteiger partial charge in [0.15, 0.2) is 0 Å². The Morgan fingerprint density at radius 3 is 2.95 bits per heavy atom. The Morgan fingerprint density at radius 2 is 2.11 bits per heavy atom. The minimum Gasteiger partial charge on any atom is -0.342 e. The Hall–Kier alpha value is -1.00. The zero-order valence-corrected chi connectivity index (χ0v) is 11.9. The van der Waals surface area contributed by atoms with Crippen LogP contribution in [0.2, 0.25) is 0 Å². The zero-order valence-electron chi connectivity index (χ0n) is 11.1. The van der Waals surface area contributed by atoms with Gasteiger partial charge in [-0.2, -0.15) is 0 Å². The first-order chi connectivity index (χ1) is 9.34. The van der Waals surface area contributed by atoms with E-state index in [1.165, 1.54) is 23.3 Å². The predicted octanol–water partition coefficient (Wildman–Crippen LogP) is 2.09. The van der Waals surface area contributed by atoms with Crippen LogP contribution >= 0.6 is 11.8 Å². The monoisotopic (exact) mass is 276 g/mol. The van der Waals surface area contributed by atoms with Gasteiger partial charge >= 0.3 is 0 Å². The number of carbonyl (C=O) groups is 1. The summed E-state index contributed by atoms with van der Waals surface area (Å²) in [5.74, 6) is 1.94. The first-order valence-electron chi connectivity index (χ1n) is 7.05. The van der Waals surface area contributed by atoms with Gasteiger partial charge in [0, 0.05) is 36.2 Å². The van der Waals surface area contributed by atoms with E-state index in [4.69, 9.17) is 0 Å². The molecule has 2 aliphatic rings. The number of hydrogen-bond donors (Lipinski definition) is 1. The molecule has 2 heterocycles. The number of amides is 1. The first-order valence-corrected chi connectivity index (χ1v) is 8.03. The van der Waals surface area contributed by atoms with Crippen LogP contribution in [0.25, 0.3) is 0 Å². The van der Waals surface area contributed by atoms with Gasteiger partial charge in [-0.1, -0.05) is 18.2 Å². The van der Waals surface area contributed by atoms with Crippen LogP contribution in [0.5, 0.6) is 0 Å². The van der Waals surface area contributed by atoms with E-state index >= 15 is 0 Å². The van der Waals surface area contributed by atoms with Crippen LogP contribution in [0.1, 0.15) is 24.3 Å². The normalized spacial score (nSPS) is 21.7. The molecule has 1 atom stereocenters. The number of hydrogen-bond acceptors (Lipinski definition) is 3. The van der Waals surface area contributed by atoms with Crippen LogP contribution in [0, 0.1) is 0 Å². The number of fused-ring (bicyclic) bond motifs is 1. The average Bonchev–Trinajstić information content (AvgIpc) is 3.08. The number of nitrogens with zero attached hydrogens (tertiary/aromatic N) is 1. The number of benzene rings is 1. The van der Waals surface area contributed by atoms with Crippen molar-refractivity contribution >= 4 is 17.7 Å². The quantitative estimate of drug-likeness (QED) is 0.914. The number of carbonyl (C=O) groups excluding carboxylic acids is 1. The maximum Gasteiger partial charge on any atom is 0.236 e. The van der Waals surface area contributed by atoms with Crippen molar-refractivity contribution in [2.24, 2.45) is 0 Å². The predicted molar refractivity (Wildman–Crippen MR) is 78.6 cm³/mol. The average molecular weight is 276 g/mol. The first kappa shape index (κ1) is 13.0. The van der Waals surface area contributed by atoms with Gasteiger partial charge in [-0.25, -0.2) is 0 Å². The molecule has 1 aromatic rings. The van der Waals surface area contributed by atoms with Crippen LogP contribution < -0.4 is 5.32 Å². The smallest absolute Gasteiger partial charge is 0.236 e. The van der Waals surface area contributed by atoms with E-state index in [1.54, 1.807) is 0 Å². The highest BCUT2D eigenvalue weighted by Gasteiger charge is 2.23. The third-order valence-corrected chi connectivity index (χ3v) is 5.18. The van der Waals surface area contributed by atoms with Crippen molar-refractivity contribution in [3.05, 3.63) is 29.8 Å². The lowest BCUT2D eigenvalue weighted by atomic mass is 10.0. The van der Waals surface area contributed by atoms with Gasteiger partial charge in [0.05, 0.1) is 6.54 Å². The van der Waals surface area contributed by atoms with E-state index in [-0.39, 0.29) is 5.91 Å². The summed E-state index contributed by atoms with van der Waals surface area (Å²) in [5.41, 5.74) is 1.44. The standard InChI is InChI=1S/C15H20N2OS/c18-15(17-7-3-4-8-17)10-16-9-12-11-19-14-6-2-1-5-13(12)14/h1-2,5-6,12,16H,3-4,7-11H2. The SMILES string of the molecule is O=C(CNCC1CSc2ccccc21)N1CCCC1. The van der Waals surface area contributed by atoms with Crippen LogP contribution in [-0.2, 0) is 4.79 Å². The van der Waals surface area contributed by atoms with E-state index in [1.807, 2.05) is 16.7 Å². The molecular formula is C15H20N2OS.